The molecule has 3 heterocycles. The molecule has 3 rings (SSSR count). The fourth-order valence-electron chi connectivity index (χ4n) is 2.67. The molecule has 0 aromatic carbocycles. The molecule has 0 spiro atoms. The van der Waals surface area contributed by atoms with Crippen molar-refractivity contribution in [2.75, 3.05) is 38.2 Å². The molecule has 2 fully saturated rings. The van der Waals surface area contributed by atoms with Crippen molar-refractivity contribution in [3.63, 3.8) is 0 Å². The lowest BCUT2D eigenvalue weighted by atomic mass is 10.1. The Labute approximate surface area is 106 Å². The summed E-state index contributed by atoms with van der Waals surface area (Å²) in [6.07, 6.45) is 3.38. The predicted octanol–water partition coefficient (Wildman–Crippen LogP) is -0.133. The number of likely N-dealkylation sites (N-methyl/N-ethyl adjacent to an activating group) is 1. The molecular formula is C12H15N5O. The lowest BCUT2D eigenvalue weighted by Crippen LogP contribution is -2.48. The maximum atomic E-state index is 9.07. The van der Waals surface area contributed by atoms with Crippen LogP contribution in [0.5, 0.6) is 0 Å². The number of rotatable bonds is 1. The van der Waals surface area contributed by atoms with Crippen molar-refractivity contribution in [2.45, 2.75) is 12.1 Å². The number of aromatic nitrogens is 2. The van der Waals surface area contributed by atoms with Crippen LogP contribution in [0.2, 0.25) is 0 Å². The second-order valence-corrected chi connectivity index (χ2v) is 4.70. The average Bonchev–Trinajstić information content (AvgIpc) is 2.84. The summed E-state index contributed by atoms with van der Waals surface area (Å²) in [4.78, 5) is 12.8. The van der Waals surface area contributed by atoms with Gasteiger partial charge in [-0.1, -0.05) is 0 Å². The van der Waals surface area contributed by atoms with Crippen LogP contribution in [0.4, 0.5) is 5.82 Å². The van der Waals surface area contributed by atoms with E-state index in [1.807, 2.05) is 0 Å². The van der Waals surface area contributed by atoms with Gasteiger partial charge in [-0.25, -0.2) is 9.97 Å². The number of nitrogens with zero attached hydrogens (tertiary/aromatic N) is 5. The zero-order valence-electron chi connectivity index (χ0n) is 10.3. The van der Waals surface area contributed by atoms with Crippen molar-refractivity contribution in [3.05, 3.63) is 18.1 Å². The molecule has 18 heavy (non-hydrogen) atoms. The van der Waals surface area contributed by atoms with Crippen molar-refractivity contribution in [1.82, 2.24) is 14.9 Å². The van der Waals surface area contributed by atoms with Crippen LogP contribution in [0, 0.1) is 11.3 Å². The third kappa shape index (κ3) is 1.82. The largest absolute Gasteiger partial charge is 0.373 e. The molecular weight excluding hydrogens is 230 g/mol. The summed E-state index contributed by atoms with van der Waals surface area (Å²) in [5, 5.41) is 9.07. The normalized spacial score (nSPS) is 27.9. The number of ether oxygens (including phenoxy) is 1. The van der Waals surface area contributed by atoms with Crippen LogP contribution in [-0.2, 0) is 4.74 Å². The van der Waals surface area contributed by atoms with Crippen molar-refractivity contribution in [2.24, 2.45) is 0 Å². The van der Waals surface area contributed by atoms with Gasteiger partial charge in [-0.3, -0.25) is 4.90 Å². The van der Waals surface area contributed by atoms with E-state index < -0.39 is 0 Å². The van der Waals surface area contributed by atoms with Crippen LogP contribution in [0.15, 0.2) is 12.4 Å². The standard InChI is InChI=1S/C12H15N5O/c1-16-4-5-18-11-8-17(7-10(11)16)12-9(6-13)14-2-3-15-12/h2-3,10-11H,4-5,7-8H2,1H3. The predicted molar refractivity (Wildman–Crippen MR) is 65.1 cm³/mol. The smallest absolute Gasteiger partial charge is 0.183 e. The number of hydrogen-bond acceptors (Lipinski definition) is 6. The summed E-state index contributed by atoms with van der Waals surface area (Å²) in [6, 6.07) is 2.48. The van der Waals surface area contributed by atoms with Gasteiger partial charge in [0, 0.05) is 32.0 Å². The quantitative estimate of drug-likeness (QED) is 0.686. The van der Waals surface area contributed by atoms with E-state index in [1.54, 1.807) is 12.4 Å². The molecule has 0 bridgehead atoms. The number of hydrogen-bond donors (Lipinski definition) is 0. The van der Waals surface area contributed by atoms with E-state index in [0.29, 0.717) is 17.6 Å². The zero-order chi connectivity index (χ0) is 12.5. The van der Waals surface area contributed by atoms with E-state index >= 15 is 0 Å². The first-order valence-electron chi connectivity index (χ1n) is 6.07. The van der Waals surface area contributed by atoms with Crippen molar-refractivity contribution in [1.29, 1.82) is 5.26 Å². The molecule has 1 aromatic heterocycles. The van der Waals surface area contributed by atoms with Crippen LogP contribution >= 0.6 is 0 Å². The molecule has 1 aromatic rings. The lowest BCUT2D eigenvalue weighted by Gasteiger charge is -2.33. The molecule has 0 amide bonds. The van der Waals surface area contributed by atoms with Gasteiger partial charge in [0.1, 0.15) is 6.07 Å². The summed E-state index contributed by atoms with van der Waals surface area (Å²) in [5.41, 5.74) is 0.388. The molecule has 0 radical (unpaired) electrons. The molecule has 0 N–H and O–H groups in total. The zero-order valence-corrected chi connectivity index (χ0v) is 10.3. The Morgan fingerprint density at radius 1 is 1.39 bits per heavy atom. The monoisotopic (exact) mass is 245 g/mol. The molecule has 2 unspecified atom stereocenters. The van der Waals surface area contributed by atoms with E-state index in [9.17, 15) is 0 Å². The Hall–Kier alpha value is -1.71. The van der Waals surface area contributed by atoms with E-state index in [-0.39, 0.29) is 6.10 Å². The van der Waals surface area contributed by atoms with Crippen LogP contribution in [0.3, 0.4) is 0 Å². The number of nitriles is 1. The Morgan fingerprint density at radius 2 is 2.22 bits per heavy atom. The highest BCUT2D eigenvalue weighted by atomic mass is 16.5. The highest BCUT2D eigenvalue weighted by Crippen LogP contribution is 2.26. The van der Waals surface area contributed by atoms with Gasteiger partial charge in [0.25, 0.3) is 0 Å². The Bertz CT molecular complexity index is 486. The summed E-state index contributed by atoms with van der Waals surface area (Å²) >= 11 is 0. The Balaban J connectivity index is 1.85. The number of anilines is 1. The second-order valence-electron chi connectivity index (χ2n) is 4.70. The summed E-state index contributed by atoms with van der Waals surface area (Å²) < 4.78 is 5.78. The molecule has 2 aliphatic heterocycles. The van der Waals surface area contributed by atoms with Gasteiger partial charge < -0.3 is 9.64 Å². The summed E-state index contributed by atoms with van der Waals surface area (Å²) in [5.74, 6) is 0.673. The van der Waals surface area contributed by atoms with E-state index in [0.717, 1.165) is 26.2 Å². The van der Waals surface area contributed by atoms with E-state index in [1.165, 1.54) is 0 Å². The molecule has 0 aliphatic carbocycles. The second kappa shape index (κ2) is 4.52. The maximum absolute atomic E-state index is 9.07. The van der Waals surface area contributed by atoms with Gasteiger partial charge in [0.15, 0.2) is 11.5 Å². The van der Waals surface area contributed by atoms with Crippen LogP contribution in [0.1, 0.15) is 5.69 Å². The maximum Gasteiger partial charge on any atom is 0.183 e. The van der Waals surface area contributed by atoms with Crippen LogP contribution in [0.25, 0.3) is 0 Å². The fourth-order valence-corrected chi connectivity index (χ4v) is 2.67. The molecule has 94 valence electrons. The molecule has 0 saturated carbocycles. The topological polar surface area (TPSA) is 65.3 Å². The average molecular weight is 245 g/mol. The first-order valence-corrected chi connectivity index (χ1v) is 6.07. The van der Waals surface area contributed by atoms with Crippen molar-refractivity contribution >= 4 is 5.82 Å². The van der Waals surface area contributed by atoms with Gasteiger partial charge in [0.05, 0.1) is 18.8 Å². The van der Waals surface area contributed by atoms with Gasteiger partial charge >= 0.3 is 0 Å². The first-order chi connectivity index (χ1) is 8.79. The Morgan fingerprint density at radius 3 is 3.00 bits per heavy atom. The molecule has 2 atom stereocenters. The van der Waals surface area contributed by atoms with E-state index in [2.05, 4.69) is 32.9 Å². The minimum atomic E-state index is 0.206. The van der Waals surface area contributed by atoms with Crippen molar-refractivity contribution in [3.8, 4) is 6.07 Å². The summed E-state index contributed by atoms with van der Waals surface area (Å²) in [7, 11) is 2.12. The van der Waals surface area contributed by atoms with Gasteiger partial charge in [-0.2, -0.15) is 5.26 Å². The Kier molecular flexibility index (Phi) is 2.86. The SMILES string of the molecule is CN1CCOC2CN(c3nccnc3C#N)CC21. The van der Waals surface area contributed by atoms with Crippen LogP contribution in [-0.4, -0.2) is 60.3 Å². The number of fused-ring (bicyclic) bond motifs is 1. The van der Waals surface area contributed by atoms with Crippen molar-refractivity contribution < 1.29 is 4.74 Å². The molecule has 2 saturated heterocycles. The number of morpholine rings is 1. The fraction of sp³-hybridized carbons (Fsp3) is 0.583. The van der Waals surface area contributed by atoms with Gasteiger partial charge in [-0.15, -0.1) is 0 Å². The first kappa shape index (κ1) is 11.4. The minimum absolute atomic E-state index is 0.206. The van der Waals surface area contributed by atoms with Gasteiger partial charge in [0.2, 0.25) is 0 Å². The minimum Gasteiger partial charge on any atom is -0.373 e. The molecule has 2 aliphatic rings. The highest BCUT2D eigenvalue weighted by Gasteiger charge is 2.39. The highest BCUT2D eigenvalue weighted by molar-refractivity contribution is 5.51. The van der Waals surface area contributed by atoms with E-state index in [4.69, 9.17) is 10.00 Å². The lowest BCUT2D eigenvalue weighted by molar-refractivity contribution is -0.0362. The molecule has 6 heteroatoms. The molecule has 6 nitrogen and oxygen atoms in total. The third-order valence-electron chi connectivity index (χ3n) is 3.66. The third-order valence-corrected chi connectivity index (χ3v) is 3.66. The van der Waals surface area contributed by atoms with Gasteiger partial charge in [-0.05, 0) is 7.05 Å². The summed E-state index contributed by atoms with van der Waals surface area (Å²) in [6.45, 7) is 3.36. The van der Waals surface area contributed by atoms with Crippen LogP contribution < -0.4 is 4.90 Å².